The highest BCUT2D eigenvalue weighted by Gasteiger charge is 2.51. The molecule has 2 unspecified atom stereocenters. The molecule has 0 radical (unpaired) electrons. The van der Waals surface area contributed by atoms with Gasteiger partial charge in [-0.15, -0.1) is 0 Å². The fraction of sp³-hybridized carbons (Fsp3) is 0.857. The molecular weight excluding hydrogens is 272 g/mol. The second-order valence-electron chi connectivity index (χ2n) is 6.59. The van der Waals surface area contributed by atoms with E-state index in [1.807, 2.05) is 11.8 Å². The molecule has 1 heterocycles. The second-order valence-corrected chi connectivity index (χ2v) is 6.59. The summed E-state index contributed by atoms with van der Waals surface area (Å²) in [5, 5.41) is 11.2. The van der Waals surface area contributed by atoms with E-state index in [1.165, 1.54) is 0 Å². The fourth-order valence-electron chi connectivity index (χ4n) is 2.38. The van der Waals surface area contributed by atoms with Crippen LogP contribution in [0.2, 0.25) is 0 Å². The van der Waals surface area contributed by atoms with E-state index in [0.29, 0.717) is 19.5 Å². The van der Waals surface area contributed by atoms with E-state index in [0.717, 1.165) is 12.8 Å². The van der Waals surface area contributed by atoms with Crippen LogP contribution in [0.15, 0.2) is 0 Å². The minimum Gasteiger partial charge on any atom is -0.387 e. The van der Waals surface area contributed by atoms with Crippen molar-refractivity contribution in [1.29, 1.82) is 0 Å². The molecule has 1 saturated heterocycles. The molecule has 1 aliphatic rings. The van der Waals surface area contributed by atoms with Gasteiger partial charge in [0.2, 0.25) is 5.91 Å². The van der Waals surface area contributed by atoms with Crippen LogP contribution in [0.3, 0.4) is 0 Å². The van der Waals surface area contributed by atoms with E-state index in [2.05, 4.69) is 5.32 Å². The molecule has 0 aromatic heterocycles. The lowest BCUT2D eigenvalue weighted by molar-refractivity contribution is -0.127. The van der Waals surface area contributed by atoms with Gasteiger partial charge in [0.15, 0.2) is 5.78 Å². The first kappa shape index (κ1) is 18.0. The van der Waals surface area contributed by atoms with Crippen molar-refractivity contribution in [3.05, 3.63) is 0 Å². The molecule has 0 spiro atoms. The number of aliphatic hydroxyl groups excluding tert-OH is 1. The van der Waals surface area contributed by atoms with Gasteiger partial charge in [-0.3, -0.25) is 14.5 Å². The van der Waals surface area contributed by atoms with Crippen molar-refractivity contribution in [3.8, 4) is 0 Å². The van der Waals surface area contributed by atoms with Crippen LogP contribution >= 0.6 is 0 Å². The Morgan fingerprint density at radius 2 is 2.00 bits per heavy atom. The predicted octanol–water partition coefficient (Wildman–Crippen LogP) is -1.07. The number of Topliss-reactive ketones (excluding diaryl/α,β-unsaturated/α-hetero) is 1. The molecule has 0 aromatic rings. The molecule has 122 valence electrons. The van der Waals surface area contributed by atoms with Gasteiger partial charge >= 0.3 is 0 Å². The number of aliphatic hydroxyl groups is 1. The first-order valence-corrected chi connectivity index (χ1v) is 7.36. The van der Waals surface area contributed by atoms with Gasteiger partial charge in [0.1, 0.15) is 6.61 Å². The lowest BCUT2D eigenvalue weighted by atomic mass is 9.91. The quantitative estimate of drug-likeness (QED) is 0.318. The predicted molar refractivity (Wildman–Crippen MR) is 80.3 cm³/mol. The second kappa shape index (κ2) is 6.83. The largest absolute Gasteiger partial charge is 0.387 e. The third-order valence-electron chi connectivity index (χ3n) is 3.73. The zero-order valence-electron chi connectivity index (χ0n) is 13.2. The highest BCUT2D eigenvalue weighted by molar-refractivity contribution is 5.92. The number of nitrogens with two attached hydrogens (primary N) is 2. The van der Waals surface area contributed by atoms with Crippen LogP contribution in [-0.4, -0.2) is 58.6 Å². The lowest BCUT2D eigenvalue weighted by Crippen LogP contribution is -2.51. The van der Waals surface area contributed by atoms with Crippen molar-refractivity contribution >= 4 is 11.7 Å². The van der Waals surface area contributed by atoms with E-state index in [4.69, 9.17) is 16.6 Å². The number of carbonyl (C=O) groups excluding carboxylic acids is 2. The van der Waals surface area contributed by atoms with Crippen LogP contribution in [0, 0.1) is 0 Å². The summed E-state index contributed by atoms with van der Waals surface area (Å²) < 4.78 is 0. The van der Waals surface area contributed by atoms with Crippen molar-refractivity contribution in [2.75, 3.05) is 19.7 Å². The molecule has 1 aliphatic heterocycles. The normalized spacial score (nSPS) is 26.3. The summed E-state index contributed by atoms with van der Waals surface area (Å²) in [7, 11) is 0. The van der Waals surface area contributed by atoms with Gasteiger partial charge < -0.3 is 21.9 Å². The number of nitrogens with zero attached hydrogens (tertiary/aromatic N) is 1. The monoisotopic (exact) mass is 300 g/mol. The number of hydrogen-bond donors (Lipinski definition) is 4. The third kappa shape index (κ3) is 5.35. The van der Waals surface area contributed by atoms with Crippen molar-refractivity contribution in [2.24, 2.45) is 11.5 Å². The molecule has 1 rings (SSSR count). The molecule has 6 N–H and O–H groups in total. The van der Waals surface area contributed by atoms with Gasteiger partial charge in [0.05, 0.1) is 17.2 Å². The average molecular weight is 300 g/mol. The smallest absolute Gasteiger partial charge is 0.245 e. The van der Waals surface area contributed by atoms with Crippen LogP contribution < -0.4 is 16.8 Å². The van der Waals surface area contributed by atoms with E-state index < -0.39 is 17.8 Å². The van der Waals surface area contributed by atoms with Gasteiger partial charge in [-0.05, 0) is 40.0 Å². The van der Waals surface area contributed by atoms with Gasteiger partial charge in [-0.2, -0.15) is 0 Å². The third-order valence-corrected chi connectivity index (χ3v) is 3.73. The van der Waals surface area contributed by atoms with Crippen molar-refractivity contribution in [3.63, 3.8) is 0 Å². The Hall–Kier alpha value is -1.02. The SMILES string of the molecule is CC(C)(N)C(=O)[C@H](CCCCNC(=O)CO)N1CC1(C)N. The van der Waals surface area contributed by atoms with Gasteiger partial charge in [-0.25, -0.2) is 0 Å². The molecule has 7 nitrogen and oxygen atoms in total. The Balaban J connectivity index is 2.45. The Labute approximate surface area is 126 Å². The maximum atomic E-state index is 12.4. The van der Waals surface area contributed by atoms with Crippen molar-refractivity contribution in [1.82, 2.24) is 10.2 Å². The molecule has 0 aromatic carbocycles. The maximum Gasteiger partial charge on any atom is 0.245 e. The Morgan fingerprint density at radius 1 is 1.43 bits per heavy atom. The molecule has 7 heteroatoms. The Bertz CT molecular complexity index is 390. The summed E-state index contributed by atoms with van der Waals surface area (Å²) in [4.78, 5) is 25.3. The van der Waals surface area contributed by atoms with Crippen LogP contribution in [0.5, 0.6) is 0 Å². The number of unbranched alkanes of at least 4 members (excludes halogenated alkanes) is 1. The minimum atomic E-state index is -0.881. The summed E-state index contributed by atoms with van der Waals surface area (Å²) >= 11 is 0. The molecule has 0 bridgehead atoms. The summed E-state index contributed by atoms with van der Waals surface area (Å²) in [6.45, 7) is 6.01. The van der Waals surface area contributed by atoms with Crippen molar-refractivity contribution < 1.29 is 14.7 Å². The molecule has 3 atom stereocenters. The molecule has 21 heavy (non-hydrogen) atoms. The highest BCUT2D eigenvalue weighted by atomic mass is 16.3. The topological polar surface area (TPSA) is 121 Å². The summed E-state index contributed by atoms with van der Waals surface area (Å²) in [6.07, 6.45) is 2.20. The highest BCUT2D eigenvalue weighted by Crippen LogP contribution is 2.32. The molecule has 0 saturated carbocycles. The van der Waals surface area contributed by atoms with Crippen LogP contribution in [0.4, 0.5) is 0 Å². The number of nitrogens with one attached hydrogen (secondary N) is 1. The van der Waals surface area contributed by atoms with E-state index in [9.17, 15) is 9.59 Å². The minimum absolute atomic E-state index is 0.00364. The number of carbonyl (C=O) groups is 2. The van der Waals surface area contributed by atoms with E-state index in [-0.39, 0.29) is 17.7 Å². The Kier molecular flexibility index (Phi) is 5.86. The number of hydrogen-bond acceptors (Lipinski definition) is 6. The first-order chi connectivity index (χ1) is 9.59. The number of ketones is 1. The molecule has 1 fully saturated rings. The van der Waals surface area contributed by atoms with Crippen molar-refractivity contribution in [2.45, 2.75) is 57.3 Å². The van der Waals surface area contributed by atoms with E-state index in [1.54, 1.807) is 13.8 Å². The Morgan fingerprint density at radius 3 is 2.43 bits per heavy atom. The summed E-state index contributed by atoms with van der Waals surface area (Å²) in [6, 6.07) is -0.270. The van der Waals surface area contributed by atoms with Gasteiger partial charge in [0.25, 0.3) is 0 Å². The van der Waals surface area contributed by atoms with Gasteiger partial charge in [-0.1, -0.05) is 0 Å². The maximum absolute atomic E-state index is 12.4. The van der Waals surface area contributed by atoms with Crippen LogP contribution in [0.25, 0.3) is 0 Å². The lowest BCUT2D eigenvalue weighted by Gasteiger charge is -2.27. The average Bonchev–Trinajstić information content (AvgIpc) is 3.00. The molecule has 1 amide bonds. The standard InChI is InChI=1S/C14H28N4O3/c1-13(2,15)12(21)10(18-9-14(18,3)16)6-4-5-7-17-11(20)8-19/h10,19H,4-9,15-16H2,1-3H3,(H,17,20)/t10-,14?,18?/m0/s1. The number of rotatable bonds is 9. The summed E-state index contributed by atoms with van der Waals surface area (Å²) in [5.41, 5.74) is 10.6. The zero-order chi connectivity index (χ0) is 16.3. The number of amides is 1. The first-order valence-electron chi connectivity index (χ1n) is 7.36. The summed E-state index contributed by atoms with van der Waals surface area (Å²) in [5.74, 6) is -0.387. The zero-order valence-corrected chi connectivity index (χ0v) is 13.2. The van der Waals surface area contributed by atoms with E-state index >= 15 is 0 Å². The molecular formula is C14H28N4O3. The van der Waals surface area contributed by atoms with Crippen LogP contribution in [0.1, 0.15) is 40.0 Å². The van der Waals surface area contributed by atoms with Gasteiger partial charge in [0, 0.05) is 13.1 Å². The van der Waals surface area contributed by atoms with Crippen LogP contribution in [-0.2, 0) is 9.59 Å². The fourth-order valence-corrected chi connectivity index (χ4v) is 2.38. The molecule has 0 aliphatic carbocycles.